The van der Waals surface area contributed by atoms with Crippen LogP contribution in [0.4, 0.5) is 11.6 Å². The largest absolute Gasteiger partial charge is 0.495 e. The van der Waals surface area contributed by atoms with Crippen molar-refractivity contribution in [3.8, 4) is 17.1 Å². The van der Waals surface area contributed by atoms with Crippen LogP contribution >= 0.6 is 11.6 Å². The number of nitrogens with one attached hydrogen (secondary N) is 1. The number of methoxy groups -OCH3 is 1. The summed E-state index contributed by atoms with van der Waals surface area (Å²) in [5.74, 6) is 1.08. The van der Waals surface area contributed by atoms with Crippen LogP contribution in [0.3, 0.4) is 0 Å². The predicted molar refractivity (Wildman–Crippen MR) is 147 cm³/mol. The molecule has 2 saturated heterocycles. The van der Waals surface area contributed by atoms with Crippen LogP contribution in [-0.4, -0.2) is 82.8 Å². The highest BCUT2D eigenvalue weighted by Gasteiger charge is 2.29. The highest BCUT2D eigenvalue weighted by Crippen LogP contribution is 2.36. The lowest BCUT2D eigenvalue weighted by Crippen LogP contribution is -2.50. The van der Waals surface area contributed by atoms with E-state index in [9.17, 15) is 4.79 Å². The summed E-state index contributed by atoms with van der Waals surface area (Å²) in [6.45, 7) is 7.96. The van der Waals surface area contributed by atoms with Gasteiger partial charge in [-0.25, -0.2) is 9.97 Å². The van der Waals surface area contributed by atoms with E-state index in [1.807, 2.05) is 36.2 Å². The zero-order chi connectivity index (χ0) is 26.2. The number of piperidine rings is 1. The van der Waals surface area contributed by atoms with Gasteiger partial charge in [0.15, 0.2) is 0 Å². The first-order valence-electron chi connectivity index (χ1n) is 13.3. The van der Waals surface area contributed by atoms with Crippen molar-refractivity contribution in [2.75, 3.05) is 51.8 Å². The Labute approximate surface area is 227 Å². The smallest absolute Gasteiger partial charge is 0.253 e. The van der Waals surface area contributed by atoms with E-state index in [-0.39, 0.29) is 5.91 Å². The molecule has 0 saturated carbocycles. The standard InChI is InChI=1S/C28H33ClN6O3/c1-18-15-24(29)35-10-5-20-17-30-28(32-25(20)26(18)35)31-22-4-3-19(16-23(22)37-2)27(36)34-8-6-21(7-9-34)33-11-13-38-14-12-33/h3-4,15-17,21H,5-14H2,1-2H3,(H,30,31,32). The number of aryl methyl sites for hydroxylation is 2. The van der Waals surface area contributed by atoms with Gasteiger partial charge < -0.3 is 24.3 Å². The Balaban J connectivity index is 1.16. The first-order chi connectivity index (χ1) is 18.5. The Kier molecular flexibility index (Phi) is 6.99. The van der Waals surface area contributed by atoms with Gasteiger partial charge in [0, 0.05) is 56.1 Å². The molecule has 1 N–H and O–H groups in total. The van der Waals surface area contributed by atoms with Crippen LogP contribution in [0.25, 0.3) is 11.4 Å². The molecule has 0 spiro atoms. The van der Waals surface area contributed by atoms with Crippen molar-refractivity contribution in [2.24, 2.45) is 0 Å². The Morgan fingerprint density at radius 2 is 1.92 bits per heavy atom. The first-order valence-corrected chi connectivity index (χ1v) is 13.7. The van der Waals surface area contributed by atoms with Crippen LogP contribution in [0.1, 0.15) is 34.3 Å². The number of likely N-dealkylation sites (tertiary alicyclic amines) is 1. The zero-order valence-electron chi connectivity index (χ0n) is 21.9. The fourth-order valence-electron chi connectivity index (χ4n) is 5.87. The van der Waals surface area contributed by atoms with E-state index in [1.54, 1.807) is 13.2 Å². The molecule has 3 aromatic rings. The van der Waals surface area contributed by atoms with Gasteiger partial charge in [0.1, 0.15) is 10.9 Å². The molecular formula is C28H33ClN6O3. The number of amides is 1. The average molecular weight is 537 g/mol. The number of aromatic nitrogens is 3. The van der Waals surface area contributed by atoms with Crippen molar-refractivity contribution in [3.05, 3.63) is 52.3 Å². The monoisotopic (exact) mass is 536 g/mol. The number of hydrogen-bond donors (Lipinski definition) is 1. The summed E-state index contributed by atoms with van der Waals surface area (Å²) in [5.41, 5.74) is 5.44. The van der Waals surface area contributed by atoms with Gasteiger partial charge in [-0.3, -0.25) is 9.69 Å². The summed E-state index contributed by atoms with van der Waals surface area (Å²) in [6, 6.07) is 8.01. The Bertz CT molecular complexity index is 1340. The normalized spacial score (nSPS) is 18.1. The Morgan fingerprint density at radius 3 is 2.68 bits per heavy atom. The lowest BCUT2D eigenvalue weighted by Gasteiger charge is -2.40. The maximum absolute atomic E-state index is 13.3. The van der Waals surface area contributed by atoms with Crippen molar-refractivity contribution < 1.29 is 14.3 Å². The van der Waals surface area contributed by atoms with Crippen molar-refractivity contribution in [2.45, 2.75) is 38.8 Å². The van der Waals surface area contributed by atoms with Gasteiger partial charge in [0.2, 0.25) is 5.95 Å². The predicted octanol–water partition coefficient (Wildman–Crippen LogP) is 4.15. The number of halogens is 1. The Morgan fingerprint density at radius 1 is 1.13 bits per heavy atom. The summed E-state index contributed by atoms with van der Waals surface area (Å²) >= 11 is 6.43. The van der Waals surface area contributed by atoms with Crippen LogP contribution < -0.4 is 10.1 Å². The summed E-state index contributed by atoms with van der Waals surface area (Å²) < 4.78 is 13.2. The van der Waals surface area contributed by atoms with Crippen molar-refractivity contribution in [1.29, 1.82) is 0 Å². The molecule has 1 aromatic carbocycles. The minimum Gasteiger partial charge on any atom is -0.495 e. The highest BCUT2D eigenvalue weighted by atomic mass is 35.5. The molecule has 0 radical (unpaired) electrons. The number of benzene rings is 1. The molecule has 9 nitrogen and oxygen atoms in total. The molecule has 1 amide bonds. The number of hydrogen-bond acceptors (Lipinski definition) is 7. The summed E-state index contributed by atoms with van der Waals surface area (Å²) in [5, 5.41) is 4.01. The van der Waals surface area contributed by atoms with Gasteiger partial charge in [0.25, 0.3) is 5.91 Å². The average Bonchev–Trinajstić information content (AvgIpc) is 3.26. The minimum atomic E-state index is 0.0356. The van der Waals surface area contributed by atoms with Gasteiger partial charge in [-0.2, -0.15) is 0 Å². The molecule has 3 aliphatic heterocycles. The summed E-state index contributed by atoms with van der Waals surface area (Å²) in [7, 11) is 1.61. The second-order valence-electron chi connectivity index (χ2n) is 10.2. The van der Waals surface area contributed by atoms with Crippen LogP contribution in [0, 0.1) is 6.92 Å². The maximum atomic E-state index is 13.3. The third-order valence-electron chi connectivity index (χ3n) is 7.94. The molecule has 5 heterocycles. The second-order valence-corrected chi connectivity index (χ2v) is 10.6. The molecule has 6 rings (SSSR count). The lowest BCUT2D eigenvalue weighted by molar-refractivity contribution is 0.00159. The molecule has 2 aromatic heterocycles. The lowest BCUT2D eigenvalue weighted by atomic mass is 10.0. The number of ether oxygens (including phenoxy) is 2. The van der Waals surface area contributed by atoms with E-state index in [2.05, 4.69) is 19.8 Å². The summed E-state index contributed by atoms with van der Waals surface area (Å²) in [6.07, 6.45) is 4.69. The van der Waals surface area contributed by atoms with E-state index >= 15 is 0 Å². The van der Waals surface area contributed by atoms with E-state index < -0.39 is 0 Å². The number of nitrogens with zero attached hydrogens (tertiary/aromatic N) is 5. The fraction of sp³-hybridized carbons (Fsp3) is 0.464. The quantitative estimate of drug-likeness (QED) is 0.524. The molecule has 3 aliphatic rings. The van der Waals surface area contributed by atoms with E-state index in [0.29, 0.717) is 29.0 Å². The Hall–Kier alpha value is -3.14. The molecular weight excluding hydrogens is 504 g/mol. The molecule has 0 unspecified atom stereocenters. The fourth-order valence-corrected chi connectivity index (χ4v) is 6.21. The van der Waals surface area contributed by atoms with Gasteiger partial charge in [-0.05, 0) is 56.0 Å². The number of carbonyl (C=O) groups excluding carboxylic acids is 1. The second kappa shape index (κ2) is 10.6. The molecule has 38 heavy (non-hydrogen) atoms. The van der Waals surface area contributed by atoms with Gasteiger partial charge in [-0.1, -0.05) is 11.6 Å². The number of carbonyl (C=O) groups is 1. The van der Waals surface area contributed by atoms with Gasteiger partial charge in [-0.15, -0.1) is 0 Å². The molecule has 200 valence electrons. The minimum absolute atomic E-state index is 0.0356. The number of morpholine rings is 1. The number of anilines is 2. The van der Waals surface area contributed by atoms with E-state index in [1.165, 1.54) is 0 Å². The molecule has 0 atom stereocenters. The van der Waals surface area contributed by atoms with Gasteiger partial charge in [0.05, 0.1) is 37.4 Å². The van der Waals surface area contributed by atoms with E-state index in [0.717, 1.165) is 92.9 Å². The zero-order valence-corrected chi connectivity index (χ0v) is 22.6. The molecule has 2 fully saturated rings. The summed E-state index contributed by atoms with van der Waals surface area (Å²) in [4.78, 5) is 27.1. The maximum Gasteiger partial charge on any atom is 0.253 e. The van der Waals surface area contributed by atoms with E-state index in [4.69, 9.17) is 26.1 Å². The van der Waals surface area contributed by atoms with Crippen LogP contribution in [0.2, 0.25) is 5.15 Å². The van der Waals surface area contributed by atoms with Crippen molar-refractivity contribution in [3.63, 3.8) is 0 Å². The van der Waals surface area contributed by atoms with Crippen LogP contribution in [0.5, 0.6) is 5.75 Å². The van der Waals surface area contributed by atoms with Crippen LogP contribution in [0.15, 0.2) is 30.5 Å². The number of rotatable bonds is 5. The highest BCUT2D eigenvalue weighted by molar-refractivity contribution is 6.30. The van der Waals surface area contributed by atoms with Gasteiger partial charge >= 0.3 is 0 Å². The molecule has 10 heteroatoms. The first kappa shape index (κ1) is 25.2. The van der Waals surface area contributed by atoms with Crippen molar-refractivity contribution >= 4 is 29.1 Å². The number of fused-ring (bicyclic) bond motifs is 3. The third kappa shape index (κ3) is 4.74. The topological polar surface area (TPSA) is 84.8 Å². The van der Waals surface area contributed by atoms with Crippen molar-refractivity contribution in [1.82, 2.24) is 24.3 Å². The SMILES string of the molecule is COc1cc(C(=O)N2CCC(N3CCOCC3)CC2)ccc1Nc1ncc2c(n1)-c1c(C)cc(Cl)n1CC2. The molecule has 0 aliphatic carbocycles. The third-order valence-corrected chi connectivity index (χ3v) is 8.25. The van der Waals surface area contributed by atoms with Crippen LogP contribution in [-0.2, 0) is 17.7 Å². The molecule has 0 bridgehead atoms.